The van der Waals surface area contributed by atoms with E-state index in [2.05, 4.69) is 73.0 Å². The fourth-order valence-electron chi connectivity index (χ4n) is 5.20. The molecule has 1 aliphatic rings. The molecule has 0 N–H and O–H groups in total. The Labute approximate surface area is 212 Å². The molecule has 4 aromatic carbocycles. The number of allylic oxidation sites excluding steroid dienone is 3. The largest absolute Gasteiger partial charge is 0.452 e. The Balaban J connectivity index is 1.56. The van der Waals surface area contributed by atoms with Crippen molar-refractivity contribution < 1.29 is 9.15 Å². The molecule has 3 heteroatoms. The lowest BCUT2D eigenvalue weighted by atomic mass is 9.93. The van der Waals surface area contributed by atoms with Gasteiger partial charge in [0.25, 0.3) is 0 Å². The first-order chi connectivity index (χ1) is 17.8. The number of hydrogen-bond acceptors (Lipinski definition) is 3. The number of hydrogen-bond donors (Lipinski definition) is 0. The lowest BCUT2D eigenvalue weighted by Crippen LogP contribution is -1.93. The van der Waals surface area contributed by atoms with Gasteiger partial charge >= 0.3 is 0 Å². The molecule has 0 atom stereocenters. The van der Waals surface area contributed by atoms with Crippen LogP contribution in [0.2, 0.25) is 0 Å². The van der Waals surface area contributed by atoms with E-state index < -0.39 is 0 Å². The summed E-state index contributed by atoms with van der Waals surface area (Å²) >= 11 is 1.90. The number of thiophene rings is 1. The van der Waals surface area contributed by atoms with Gasteiger partial charge in [0.2, 0.25) is 0 Å². The number of aryl methyl sites for hydroxylation is 1. The Bertz CT molecular complexity index is 1950. The molecule has 0 fully saturated rings. The Hall–Kier alpha value is -4.26. The van der Waals surface area contributed by atoms with Crippen LogP contribution in [0.5, 0.6) is 5.75 Å². The fraction of sp³-hybridized carbons (Fsp3) is 0.0909. The van der Waals surface area contributed by atoms with Gasteiger partial charge in [-0.3, -0.25) is 0 Å². The summed E-state index contributed by atoms with van der Waals surface area (Å²) in [6.45, 7) is 2.24. The van der Waals surface area contributed by atoms with Gasteiger partial charge in [0, 0.05) is 30.9 Å². The maximum atomic E-state index is 6.41. The second kappa shape index (κ2) is 8.45. The molecule has 0 unspecified atom stereocenters. The minimum Gasteiger partial charge on any atom is -0.452 e. The number of fused-ring (bicyclic) bond motifs is 6. The highest BCUT2D eigenvalue weighted by molar-refractivity contribution is 7.26. The molecule has 0 amide bonds. The number of benzene rings is 4. The second-order valence-corrected chi connectivity index (χ2v) is 10.1. The zero-order chi connectivity index (χ0) is 24.1. The van der Waals surface area contributed by atoms with Crippen molar-refractivity contribution in [2.45, 2.75) is 19.8 Å². The fourth-order valence-corrected chi connectivity index (χ4v) is 6.47. The average molecular weight is 483 g/mol. The number of para-hydroxylation sites is 1. The molecule has 36 heavy (non-hydrogen) atoms. The summed E-state index contributed by atoms with van der Waals surface area (Å²) in [4.78, 5) is 0. The van der Waals surface area contributed by atoms with Gasteiger partial charge in [-0.05, 0) is 71.3 Å². The van der Waals surface area contributed by atoms with E-state index >= 15 is 0 Å². The van der Waals surface area contributed by atoms with Crippen LogP contribution in [0.3, 0.4) is 0 Å². The van der Waals surface area contributed by atoms with Crippen LogP contribution in [0.4, 0.5) is 0 Å². The molecule has 0 spiro atoms. The number of rotatable bonds is 5. The van der Waals surface area contributed by atoms with E-state index in [0.717, 1.165) is 40.3 Å². The third-order valence-electron chi connectivity index (χ3n) is 6.75. The molecule has 6 aromatic rings. The van der Waals surface area contributed by atoms with Crippen LogP contribution in [-0.4, -0.2) is 0 Å². The normalized spacial score (nSPS) is 12.9. The summed E-state index contributed by atoms with van der Waals surface area (Å²) in [7, 11) is 0. The van der Waals surface area contributed by atoms with Crippen LogP contribution >= 0.6 is 11.3 Å². The van der Waals surface area contributed by atoms with Crippen molar-refractivity contribution in [2.24, 2.45) is 0 Å². The van der Waals surface area contributed by atoms with Gasteiger partial charge in [-0.2, -0.15) is 0 Å². The third kappa shape index (κ3) is 3.26. The molecule has 0 saturated heterocycles. The molecule has 0 radical (unpaired) electrons. The van der Waals surface area contributed by atoms with Crippen molar-refractivity contribution >= 4 is 53.4 Å². The van der Waals surface area contributed by atoms with Crippen LogP contribution in [-0.2, 0) is 6.42 Å². The van der Waals surface area contributed by atoms with E-state index in [4.69, 9.17) is 9.15 Å². The standard InChI is InChI=1S/C33H22O2S/c1-2-10-21-17-18-24(31-26-14-7-9-16-29(26)36-33(21)31)23-19-20-28(34-22-11-4-3-5-12-22)32-30(23)25-13-6-8-15-27(25)35-32/h3-4,6-9,11,13-20H,2,10H2,1H3. The van der Waals surface area contributed by atoms with Gasteiger partial charge in [0.15, 0.2) is 17.1 Å². The molecular weight excluding hydrogens is 460 g/mol. The lowest BCUT2D eigenvalue weighted by Gasteiger charge is -2.12. The van der Waals surface area contributed by atoms with Crippen LogP contribution in [0.15, 0.2) is 113 Å². The van der Waals surface area contributed by atoms with Crippen molar-refractivity contribution in [1.82, 2.24) is 0 Å². The highest BCUT2D eigenvalue weighted by atomic mass is 32.1. The van der Waals surface area contributed by atoms with Gasteiger partial charge in [0.1, 0.15) is 5.58 Å². The molecule has 0 aliphatic heterocycles. The molecule has 1 aliphatic carbocycles. The molecular formula is C33H22O2S. The molecule has 2 aromatic heterocycles. The van der Waals surface area contributed by atoms with E-state index in [1.807, 2.05) is 47.8 Å². The molecule has 0 bridgehead atoms. The molecule has 172 valence electrons. The summed E-state index contributed by atoms with van der Waals surface area (Å²) in [5.74, 6) is 1.29. The smallest absolute Gasteiger partial charge is 0.178 e. The molecule has 2 heterocycles. The quantitative estimate of drug-likeness (QED) is 0.228. The predicted molar refractivity (Wildman–Crippen MR) is 151 cm³/mol. The number of ether oxygens (including phenoxy) is 1. The van der Waals surface area contributed by atoms with Crippen LogP contribution < -0.4 is 4.74 Å². The summed E-state index contributed by atoms with van der Waals surface area (Å²) in [6.07, 6.45) is 7.79. The summed E-state index contributed by atoms with van der Waals surface area (Å²) in [5.41, 5.74) is 11.4. The van der Waals surface area contributed by atoms with Crippen molar-refractivity contribution in [2.75, 3.05) is 0 Å². The molecule has 2 nitrogen and oxygen atoms in total. The van der Waals surface area contributed by atoms with Crippen LogP contribution in [0, 0.1) is 0 Å². The Kier molecular flexibility index (Phi) is 4.94. The molecule has 7 rings (SSSR count). The summed E-state index contributed by atoms with van der Waals surface area (Å²) in [5, 5.41) is 4.79. The van der Waals surface area contributed by atoms with Crippen molar-refractivity contribution in [1.29, 1.82) is 0 Å². The van der Waals surface area contributed by atoms with E-state index in [9.17, 15) is 0 Å². The minimum absolute atomic E-state index is 0.613. The highest BCUT2D eigenvalue weighted by Gasteiger charge is 2.21. The minimum atomic E-state index is 0.613. The topological polar surface area (TPSA) is 22.4 Å². The highest BCUT2D eigenvalue weighted by Crippen LogP contribution is 2.47. The van der Waals surface area contributed by atoms with Crippen LogP contribution in [0.1, 0.15) is 18.9 Å². The zero-order valence-electron chi connectivity index (χ0n) is 19.8. The van der Waals surface area contributed by atoms with Crippen LogP contribution in [0.25, 0.3) is 53.2 Å². The third-order valence-corrected chi connectivity index (χ3v) is 8.00. The van der Waals surface area contributed by atoms with Crippen molar-refractivity contribution in [3.63, 3.8) is 0 Å². The SMILES string of the molecule is CCCc1ccc(-c2ccc(OC3=C=C=CC=C3)c3oc4ccccc4c23)c2c1sc1ccccc12. The van der Waals surface area contributed by atoms with Gasteiger partial charge in [-0.15, -0.1) is 11.3 Å². The lowest BCUT2D eigenvalue weighted by molar-refractivity contribution is 0.441. The van der Waals surface area contributed by atoms with Gasteiger partial charge in [-0.25, -0.2) is 0 Å². The van der Waals surface area contributed by atoms with Crippen molar-refractivity contribution in [3.05, 3.63) is 114 Å². The molecule has 0 saturated carbocycles. The maximum absolute atomic E-state index is 6.41. The number of furan rings is 1. The first kappa shape index (κ1) is 21.1. The summed E-state index contributed by atoms with van der Waals surface area (Å²) < 4.78 is 15.3. The first-order valence-corrected chi connectivity index (χ1v) is 13.1. The van der Waals surface area contributed by atoms with E-state index in [-0.39, 0.29) is 0 Å². The zero-order valence-corrected chi connectivity index (χ0v) is 20.6. The average Bonchev–Trinajstić information content (AvgIpc) is 3.50. The van der Waals surface area contributed by atoms with Gasteiger partial charge < -0.3 is 9.15 Å². The Morgan fingerprint density at radius 1 is 0.861 bits per heavy atom. The summed E-state index contributed by atoms with van der Waals surface area (Å²) in [6, 6.07) is 25.8. The Morgan fingerprint density at radius 3 is 2.53 bits per heavy atom. The van der Waals surface area contributed by atoms with E-state index in [1.165, 1.54) is 31.3 Å². The maximum Gasteiger partial charge on any atom is 0.178 e. The van der Waals surface area contributed by atoms with E-state index in [1.54, 1.807) is 0 Å². The Morgan fingerprint density at radius 2 is 1.67 bits per heavy atom. The monoisotopic (exact) mass is 482 g/mol. The van der Waals surface area contributed by atoms with Gasteiger partial charge in [0.05, 0.1) is 0 Å². The van der Waals surface area contributed by atoms with E-state index in [0.29, 0.717) is 11.5 Å². The first-order valence-electron chi connectivity index (χ1n) is 12.3. The van der Waals surface area contributed by atoms with Crippen molar-refractivity contribution in [3.8, 4) is 16.9 Å². The van der Waals surface area contributed by atoms with Gasteiger partial charge in [-0.1, -0.05) is 67.6 Å². The predicted octanol–water partition coefficient (Wildman–Crippen LogP) is 9.72. The second-order valence-electron chi connectivity index (χ2n) is 9.00.